The van der Waals surface area contributed by atoms with E-state index in [9.17, 15) is 9.59 Å². The van der Waals surface area contributed by atoms with Gasteiger partial charge in [-0.3, -0.25) is 14.5 Å². The molecule has 2 aliphatic carbocycles. The van der Waals surface area contributed by atoms with E-state index in [-0.39, 0.29) is 17.7 Å². The minimum absolute atomic E-state index is 0.0262. The number of allylic oxidation sites excluding steroid dienone is 2. The molecule has 2 bridgehead atoms. The van der Waals surface area contributed by atoms with E-state index >= 15 is 0 Å². The molecule has 4 heteroatoms. The van der Waals surface area contributed by atoms with Gasteiger partial charge in [0.1, 0.15) is 0 Å². The summed E-state index contributed by atoms with van der Waals surface area (Å²) in [4.78, 5) is 26.6. The maximum Gasteiger partial charge on any atom is 0.241 e. The van der Waals surface area contributed by atoms with Crippen LogP contribution in [0.3, 0.4) is 0 Å². The lowest BCUT2D eigenvalue weighted by molar-refractivity contribution is -0.126. The maximum absolute atomic E-state index is 12.9. The third kappa shape index (κ3) is 1.47. The summed E-state index contributed by atoms with van der Waals surface area (Å²) in [6.07, 6.45) is 6.51. The highest BCUT2D eigenvalue weighted by Gasteiger charge is 2.60. The van der Waals surface area contributed by atoms with Crippen LogP contribution in [0.15, 0.2) is 36.4 Å². The fraction of sp³-hybridized carbons (Fsp3) is 0.375. The van der Waals surface area contributed by atoms with Crippen molar-refractivity contribution in [3.8, 4) is 0 Å². The average Bonchev–Trinajstić information content (AvgIpc) is 3.07. The molecule has 1 aromatic rings. The molecule has 3 aliphatic rings. The Kier molecular flexibility index (Phi) is 2.40. The minimum Gasteiger partial charge on any atom is -0.274 e. The molecule has 1 saturated heterocycles. The Bertz CT molecular complexity index is 636. The molecule has 102 valence electrons. The van der Waals surface area contributed by atoms with Crippen molar-refractivity contribution in [2.45, 2.75) is 19.3 Å². The summed E-state index contributed by atoms with van der Waals surface area (Å²) in [6.45, 7) is 0. The summed E-state index contributed by atoms with van der Waals surface area (Å²) in [6, 6.07) is 6.90. The average molecular weight is 288 g/mol. The molecule has 4 rings (SSSR count). The summed E-state index contributed by atoms with van der Waals surface area (Å²) in [7, 11) is 0. The fourth-order valence-electron chi connectivity index (χ4n) is 4.02. The van der Waals surface area contributed by atoms with Gasteiger partial charge in [0, 0.05) is 11.4 Å². The molecule has 0 N–H and O–H groups in total. The smallest absolute Gasteiger partial charge is 0.241 e. The quantitative estimate of drug-likeness (QED) is 0.588. The summed E-state index contributed by atoms with van der Waals surface area (Å²) in [5.74, 6) is 0.600. The van der Waals surface area contributed by atoms with Gasteiger partial charge in [0.05, 0.1) is 11.1 Å². The molecule has 1 aliphatic heterocycles. The van der Waals surface area contributed by atoms with E-state index in [1.807, 2.05) is 0 Å². The summed E-state index contributed by atoms with van der Waals surface area (Å²) < 4.78 is 0. The van der Waals surface area contributed by atoms with E-state index in [4.69, 9.17) is 11.6 Å². The number of imide groups is 1. The topological polar surface area (TPSA) is 37.4 Å². The van der Waals surface area contributed by atoms with Crippen molar-refractivity contribution >= 4 is 29.1 Å². The van der Waals surface area contributed by atoms with Crippen LogP contribution in [0.2, 0.25) is 5.02 Å². The van der Waals surface area contributed by atoms with Crippen LogP contribution in [0.5, 0.6) is 0 Å². The third-order valence-electron chi connectivity index (χ3n) is 4.94. The van der Waals surface area contributed by atoms with Crippen molar-refractivity contribution in [3.63, 3.8) is 0 Å². The van der Waals surface area contributed by atoms with Crippen LogP contribution in [0, 0.1) is 17.3 Å². The van der Waals surface area contributed by atoms with Gasteiger partial charge in [-0.2, -0.15) is 0 Å². The molecule has 1 aromatic carbocycles. The molecule has 3 atom stereocenters. The standard InChI is InChI=1S/C16H14ClNO2/c17-12-3-5-13(6-4-12)18-14(19)9-16(15(18)20)8-10-1-2-11(16)7-10/h1-6,10-11H,7-9H2. The zero-order valence-corrected chi connectivity index (χ0v) is 11.6. The molecule has 1 heterocycles. The number of anilines is 1. The van der Waals surface area contributed by atoms with Crippen LogP contribution in [-0.4, -0.2) is 11.8 Å². The lowest BCUT2D eigenvalue weighted by atomic mass is 9.74. The van der Waals surface area contributed by atoms with Gasteiger partial charge in [0.2, 0.25) is 11.8 Å². The Labute approximate surface area is 122 Å². The van der Waals surface area contributed by atoms with E-state index in [1.165, 1.54) is 4.90 Å². The molecular formula is C16H14ClNO2. The number of carbonyl (C=O) groups is 2. The lowest BCUT2D eigenvalue weighted by Crippen LogP contribution is -2.38. The van der Waals surface area contributed by atoms with Crippen molar-refractivity contribution in [1.82, 2.24) is 0 Å². The highest BCUT2D eigenvalue weighted by Crippen LogP contribution is 2.57. The van der Waals surface area contributed by atoms with Gasteiger partial charge in [0.25, 0.3) is 0 Å². The normalized spacial score (nSPS) is 34.8. The van der Waals surface area contributed by atoms with Gasteiger partial charge >= 0.3 is 0 Å². The molecule has 3 unspecified atom stereocenters. The summed E-state index contributed by atoms with van der Waals surface area (Å²) in [5, 5.41) is 0.602. The molecule has 20 heavy (non-hydrogen) atoms. The molecular weight excluding hydrogens is 274 g/mol. The first kappa shape index (κ1) is 12.2. The summed E-state index contributed by atoms with van der Waals surface area (Å²) >= 11 is 5.87. The molecule has 0 aromatic heterocycles. The largest absolute Gasteiger partial charge is 0.274 e. The Morgan fingerprint density at radius 1 is 1.15 bits per heavy atom. The second-order valence-corrected chi connectivity index (χ2v) is 6.47. The Morgan fingerprint density at radius 2 is 1.90 bits per heavy atom. The zero-order valence-electron chi connectivity index (χ0n) is 10.9. The Morgan fingerprint density at radius 3 is 2.50 bits per heavy atom. The Hall–Kier alpha value is -1.61. The van der Waals surface area contributed by atoms with Crippen LogP contribution in [0.4, 0.5) is 5.69 Å². The second-order valence-electron chi connectivity index (χ2n) is 6.03. The Balaban J connectivity index is 1.73. The van der Waals surface area contributed by atoms with Gasteiger partial charge in [-0.05, 0) is 48.9 Å². The fourth-order valence-corrected chi connectivity index (χ4v) is 4.14. The monoisotopic (exact) mass is 287 g/mol. The predicted octanol–water partition coefficient (Wildman–Crippen LogP) is 3.19. The van der Waals surface area contributed by atoms with Gasteiger partial charge in [-0.1, -0.05) is 23.8 Å². The zero-order chi connectivity index (χ0) is 13.9. The number of amides is 2. The number of benzene rings is 1. The van der Waals surface area contributed by atoms with E-state index in [2.05, 4.69) is 12.2 Å². The van der Waals surface area contributed by atoms with Gasteiger partial charge < -0.3 is 0 Å². The van der Waals surface area contributed by atoms with E-state index < -0.39 is 5.41 Å². The van der Waals surface area contributed by atoms with Crippen molar-refractivity contribution < 1.29 is 9.59 Å². The van der Waals surface area contributed by atoms with Crippen LogP contribution in [-0.2, 0) is 9.59 Å². The minimum atomic E-state index is -0.476. The number of hydrogen-bond acceptors (Lipinski definition) is 2. The first-order chi connectivity index (χ1) is 9.60. The molecule has 3 nitrogen and oxygen atoms in total. The highest BCUT2D eigenvalue weighted by molar-refractivity contribution is 6.30. The van der Waals surface area contributed by atoms with Gasteiger partial charge in [-0.15, -0.1) is 0 Å². The number of carbonyl (C=O) groups excluding carboxylic acids is 2. The highest BCUT2D eigenvalue weighted by atomic mass is 35.5. The number of nitrogens with zero attached hydrogens (tertiary/aromatic N) is 1. The van der Waals surface area contributed by atoms with E-state index in [1.54, 1.807) is 24.3 Å². The number of rotatable bonds is 1. The van der Waals surface area contributed by atoms with Crippen molar-refractivity contribution in [1.29, 1.82) is 0 Å². The predicted molar refractivity (Wildman–Crippen MR) is 76.3 cm³/mol. The number of hydrogen-bond donors (Lipinski definition) is 0. The lowest BCUT2D eigenvalue weighted by Gasteiger charge is -2.28. The maximum atomic E-state index is 12.9. The van der Waals surface area contributed by atoms with Crippen molar-refractivity contribution in [2.75, 3.05) is 4.90 Å². The van der Waals surface area contributed by atoms with E-state index in [0.717, 1.165) is 12.8 Å². The van der Waals surface area contributed by atoms with Gasteiger partial charge in [-0.25, -0.2) is 0 Å². The number of fused-ring (bicyclic) bond motifs is 3. The van der Waals surface area contributed by atoms with Gasteiger partial charge in [0.15, 0.2) is 0 Å². The van der Waals surface area contributed by atoms with Crippen molar-refractivity contribution in [3.05, 3.63) is 41.4 Å². The van der Waals surface area contributed by atoms with Crippen LogP contribution in [0.25, 0.3) is 0 Å². The first-order valence-electron chi connectivity index (χ1n) is 6.91. The van der Waals surface area contributed by atoms with Crippen molar-refractivity contribution in [2.24, 2.45) is 17.3 Å². The number of halogens is 1. The SMILES string of the molecule is O=C1CC2(CC3C=CC2C3)C(=O)N1c1ccc(Cl)cc1. The van der Waals surface area contributed by atoms with Crippen LogP contribution < -0.4 is 4.90 Å². The molecule has 1 saturated carbocycles. The third-order valence-corrected chi connectivity index (χ3v) is 5.19. The molecule has 2 amide bonds. The second kappa shape index (κ2) is 3.95. The molecule has 1 spiro atoms. The summed E-state index contributed by atoms with van der Waals surface area (Å²) in [5.41, 5.74) is 0.156. The first-order valence-corrected chi connectivity index (χ1v) is 7.29. The van der Waals surface area contributed by atoms with E-state index in [0.29, 0.717) is 23.0 Å². The van der Waals surface area contributed by atoms with Crippen LogP contribution >= 0.6 is 11.6 Å². The van der Waals surface area contributed by atoms with Crippen LogP contribution in [0.1, 0.15) is 19.3 Å². The molecule has 2 fully saturated rings. The molecule has 0 radical (unpaired) electrons.